The van der Waals surface area contributed by atoms with Gasteiger partial charge in [-0.15, -0.1) is 5.10 Å². The van der Waals surface area contributed by atoms with E-state index in [1.54, 1.807) is 0 Å². The standard InChI is InChI=1S/C18H32N4O3/c1-2-23-10-3-11-25-18-17(19)14-22(20-18)16-6-4-15(5-7-16)21-8-12-24-13-9-21/h14-16H,2-13,19H2,1H3/t15-,16-. The van der Waals surface area contributed by atoms with Crippen molar-refractivity contribution in [3.8, 4) is 5.88 Å². The van der Waals surface area contributed by atoms with Crippen LogP contribution in [-0.2, 0) is 9.47 Å². The minimum atomic E-state index is 0.431. The average molecular weight is 352 g/mol. The summed E-state index contributed by atoms with van der Waals surface area (Å²) in [6.07, 6.45) is 7.51. The molecule has 0 radical (unpaired) electrons. The fraction of sp³-hybridized carbons (Fsp3) is 0.833. The molecule has 1 saturated carbocycles. The van der Waals surface area contributed by atoms with Crippen LogP contribution in [0.15, 0.2) is 6.20 Å². The van der Waals surface area contributed by atoms with Crippen molar-refractivity contribution in [1.82, 2.24) is 14.7 Å². The van der Waals surface area contributed by atoms with Crippen LogP contribution in [0.2, 0.25) is 0 Å². The van der Waals surface area contributed by atoms with E-state index in [0.29, 0.717) is 36.9 Å². The fourth-order valence-electron chi connectivity index (χ4n) is 3.79. The number of nitrogens with two attached hydrogens (primary N) is 1. The third-order valence-corrected chi connectivity index (χ3v) is 5.20. The monoisotopic (exact) mass is 352 g/mol. The molecule has 7 heteroatoms. The zero-order valence-electron chi connectivity index (χ0n) is 15.4. The Morgan fingerprint density at radius 3 is 2.60 bits per heavy atom. The predicted molar refractivity (Wildman–Crippen MR) is 96.9 cm³/mol. The summed E-state index contributed by atoms with van der Waals surface area (Å²) in [6.45, 7) is 7.93. The highest BCUT2D eigenvalue weighted by molar-refractivity contribution is 5.46. The molecule has 142 valence electrons. The highest BCUT2D eigenvalue weighted by atomic mass is 16.5. The average Bonchev–Trinajstić information content (AvgIpc) is 3.03. The molecule has 0 spiro atoms. The molecule has 0 amide bonds. The van der Waals surface area contributed by atoms with E-state index >= 15 is 0 Å². The van der Waals surface area contributed by atoms with E-state index in [2.05, 4.69) is 10.00 Å². The molecule has 0 unspecified atom stereocenters. The molecule has 0 aromatic carbocycles. The van der Waals surface area contributed by atoms with Crippen LogP contribution in [0.3, 0.4) is 0 Å². The van der Waals surface area contributed by atoms with Crippen molar-refractivity contribution < 1.29 is 14.2 Å². The summed E-state index contributed by atoms with van der Waals surface area (Å²) in [5, 5.41) is 4.58. The highest BCUT2D eigenvalue weighted by Gasteiger charge is 2.28. The van der Waals surface area contributed by atoms with Crippen LogP contribution in [0.5, 0.6) is 5.88 Å². The third-order valence-electron chi connectivity index (χ3n) is 5.20. The quantitative estimate of drug-likeness (QED) is 0.722. The lowest BCUT2D eigenvalue weighted by molar-refractivity contribution is 0.00502. The largest absolute Gasteiger partial charge is 0.475 e. The normalized spacial score (nSPS) is 25.2. The number of nitrogen functional groups attached to an aromatic ring is 1. The maximum absolute atomic E-state index is 6.07. The zero-order chi connectivity index (χ0) is 17.5. The number of ether oxygens (including phenoxy) is 3. The van der Waals surface area contributed by atoms with Gasteiger partial charge in [-0.1, -0.05) is 0 Å². The van der Waals surface area contributed by atoms with Crippen molar-refractivity contribution >= 4 is 5.69 Å². The lowest BCUT2D eigenvalue weighted by Crippen LogP contribution is -2.45. The molecule has 3 rings (SSSR count). The summed E-state index contributed by atoms with van der Waals surface area (Å²) in [6, 6.07) is 1.13. The zero-order valence-corrected chi connectivity index (χ0v) is 15.4. The third kappa shape index (κ3) is 5.09. The summed E-state index contributed by atoms with van der Waals surface area (Å²) in [5.74, 6) is 0.562. The van der Waals surface area contributed by atoms with E-state index in [1.165, 1.54) is 12.8 Å². The molecule has 0 atom stereocenters. The van der Waals surface area contributed by atoms with Gasteiger partial charge in [-0.2, -0.15) is 0 Å². The number of nitrogens with zero attached hydrogens (tertiary/aromatic N) is 3. The lowest BCUT2D eigenvalue weighted by atomic mass is 9.90. The number of aromatic nitrogens is 2. The molecule has 1 saturated heterocycles. The van der Waals surface area contributed by atoms with E-state index in [9.17, 15) is 0 Å². The van der Waals surface area contributed by atoms with Crippen LogP contribution in [-0.4, -0.2) is 66.8 Å². The first-order valence-electron chi connectivity index (χ1n) is 9.65. The second-order valence-corrected chi connectivity index (χ2v) is 6.88. The minimum Gasteiger partial charge on any atom is -0.475 e. The Balaban J connectivity index is 1.45. The number of hydrogen-bond acceptors (Lipinski definition) is 6. The van der Waals surface area contributed by atoms with Crippen molar-refractivity contribution in [1.29, 1.82) is 0 Å². The summed E-state index contributed by atoms with van der Waals surface area (Å²) >= 11 is 0. The Bertz CT molecular complexity index is 508. The second-order valence-electron chi connectivity index (χ2n) is 6.88. The number of rotatable bonds is 8. The molecule has 1 aromatic heterocycles. The number of morpholine rings is 1. The maximum Gasteiger partial charge on any atom is 0.256 e. The molecule has 2 fully saturated rings. The molecular weight excluding hydrogens is 320 g/mol. The topological polar surface area (TPSA) is 74.8 Å². The summed E-state index contributed by atoms with van der Waals surface area (Å²) < 4.78 is 18.5. The molecule has 2 aliphatic rings. The van der Waals surface area contributed by atoms with Crippen LogP contribution in [0.4, 0.5) is 5.69 Å². The number of hydrogen-bond donors (Lipinski definition) is 1. The van der Waals surface area contributed by atoms with E-state index in [1.807, 2.05) is 17.8 Å². The Labute approximate surface area is 150 Å². The first-order chi connectivity index (χ1) is 12.3. The SMILES string of the molecule is CCOCCCOc1nn([C@H]2CC[C@H](N3CCOCC3)CC2)cc1N. The van der Waals surface area contributed by atoms with E-state index in [0.717, 1.165) is 52.2 Å². The van der Waals surface area contributed by atoms with E-state index in [-0.39, 0.29) is 0 Å². The Hall–Kier alpha value is -1.31. The van der Waals surface area contributed by atoms with Crippen molar-refractivity contribution in [2.24, 2.45) is 0 Å². The molecule has 0 bridgehead atoms. The fourth-order valence-corrected chi connectivity index (χ4v) is 3.79. The van der Waals surface area contributed by atoms with Gasteiger partial charge in [-0.05, 0) is 32.6 Å². The Morgan fingerprint density at radius 1 is 1.16 bits per heavy atom. The van der Waals surface area contributed by atoms with Crippen LogP contribution in [0, 0.1) is 0 Å². The van der Waals surface area contributed by atoms with Crippen molar-refractivity contribution in [3.63, 3.8) is 0 Å². The molecule has 1 aliphatic heterocycles. The van der Waals surface area contributed by atoms with Gasteiger partial charge in [0.25, 0.3) is 5.88 Å². The van der Waals surface area contributed by atoms with E-state index in [4.69, 9.17) is 19.9 Å². The molecule has 25 heavy (non-hydrogen) atoms. The molecule has 1 aromatic rings. The van der Waals surface area contributed by atoms with Crippen LogP contribution in [0.25, 0.3) is 0 Å². The van der Waals surface area contributed by atoms with Gasteiger partial charge < -0.3 is 19.9 Å². The van der Waals surface area contributed by atoms with Gasteiger partial charge in [0.15, 0.2) is 0 Å². The Kier molecular flexibility index (Phi) is 6.95. The first kappa shape index (κ1) is 18.5. The highest BCUT2D eigenvalue weighted by Crippen LogP contribution is 2.33. The van der Waals surface area contributed by atoms with Crippen molar-refractivity contribution in [3.05, 3.63) is 6.20 Å². The second kappa shape index (κ2) is 9.40. The predicted octanol–water partition coefficient (Wildman–Crippen LogP) is 2.09. The van der Waals surface area contributed by atoms with Gasteiger partial charge in [0.05, 0.1) is 32.1 Å². The van der Waals surface area contributed by atoms with Gasteiger partial charge in [-0.25, -0.2) is 0 Å². The van der Waals surface area contributed by atoms with Gasteiger partial charge in [0.1, 0.15) is 5.69 Å². The molecular formula is C18H32N4O3. The molecule has 2 N–H and O–H groups in total. The minimum absolute atomic E-state index is 0.431. The van der Waals surface area contributed by atoms with Crippen LogP contribution < -0.4 is 10.5 Å². The lowest BCUT2D eigenvalue weighted by Gasteiger charge is -2.38. The molecule has 7 nitrogen and oxygen atoms in total. The summed E-state index contributed by atoms with van der Waals surface area (Å²) in [5.41, 5.74) is 6.70. The number of anilines is 1. The van der Waals surface area contributed by atoms with Crippen molar-refractivity contribution in [2.75, 3.05) is 51.9 Å². The summed E-state index contributed by atoms with van der Waals surface area (Å²) in [4.78, 5) is 2.59. The first-order valence-corrected chi connectivity index (χ1v) is 9.65. The van der Waals surface area contributed by atoms with Crippen LogP contribution in [0.1, 0.15) is 45.1 Å². The van der Waals surface area contributed by atoms with Gasteiger partial charge in [0, 0.05) is 38.8 Å². The van der Waals surface area contributed by atoms with E-state index < -0.39 is 0 Å². The van der Waals surface area contributed by atoms with Gasteiger partial charge >= 0.3 is 0 Å². The Morgan fingerprint density at radius 2 is 1.88 bits per heavy atom. The summed E-state index contributed by atoms with van der Waals surface area (Å²) in [7, 11) is 0. The van der Waals surface area contributed by atoms with Crippen molar-refractivity contribution in [2.45, 2.75) is 51.1 Å². The van der Waals surface area contributed by atoms with Gasteiger partial charge in [0.2, 0.25) is 0 Å². The molecule has 2 heterocycles. The van der Waals surface area contributed by atoms with Gasteiger partial charge in [-0.3, -0.25) is 9.58 Å². The van der Waals surface area contributed by atoms with Crippen LogP contribution >= 0.6 is 0 Å². The maximum atomic E-state index is 6.07. The smallest absolute Gasteiger partial charge is 0.256 e. The molecule has 1 aliphatic carbocycles.